The van der Waals surface area contributed by atoms with Gasteiger partial charge in [0, 0.05) is 31.8 Å². The van der Waals surface area contributed by atoms with E-state index in [4.69, 9.17) is 4.74 Å². The molecule has 0 aliphatic carbocycles. The minimum atomic E-state index is -0.275. The summed E-state index contributed by atoms with van der Waals surface area (Å²) in [6.07, 6.45) is 2.98. The predicted molar refractivity (Wildman–Crippen MR) is 90.6 cm³/mol. The first-order chi connectivity index (χ1) is 12.1. The van der Waals surface area contributed by atoms with E-state index in [0.29, 0.717) is 43.5 Å². The molecule has 1 aromatic heterocycles. The van der Waals surface area contributed by atoms with Crippen molar-refractivity contribution in [1.29, 1.82) is 0 Å². The van der Waals surface area contributed by atoms with Gasteiger partial charge in [-0.05, 0) is 44.0 Å². The van der Waals surface area contributed by atoms with Crippen LogP contribution in [-0.2, 0) is 11.2 Å². The van der Waals surface area contributed by atoms with E-state index in [-0.39, 0.29) is 11.7 Å². The molecular weight excluding hydrogens is 323 g/mol. The highest BCUT2D eigenvalue weighted by Gasteiger charge is 2.24. The zero-order valence-electron chi connectivity index (χ0n) is 14.4. The Morgan fingerprint density at radius 2 is 2.20 bits per heavy atom. The van der Waals surface area contributed by atoms with Crippen LogP contribution in [0.3, 0.4) is 0 Å². The Bertz CT molecular complexity index is 701. The third-order valence-electron chi connectivity index (χ3n) is 4.38. The van der Waals surface area contributed by atoms with Gasteiger partial charge in [-0.15, -0.1) is 0 Å². The third-order valence-corrected chi connectivity index (χ3v) is 4.38. The fourth-order valence-corrected chi connectivity index (χ4v) is 3.05. The van der Waals surface area contributed by atoms with Gasteiger partial charge in [-0.2, -0.15) is 5.10 Å². The first kappa shape index (κ1) is 17.4. The number of nitrogens with one attached hydrogen (secondary N) is 1. The van der Waals surface area contributed by atoms with Crippen LogP contribution in [-0.4, -0.2) is 45.7 Å². The highest BCUT2D eigenvalue weighted by molar-refractivity contribution is 5.76. The first-order valence-electron chi connectivity index (χ1n) is 8.64. The van der Waals surface area contributed by atoms with Gasteiger partial charge < -0.3 is 9.64 Å². The quantitative estimate of drug-likeness (QED) is 0.872. The molecular formula is C18H23FN4O2. The number of nitrogens with zero attached hydrogens (tertiary/aromatic N) is 3. The van der Waals surface area contributed by atoms with Crippen LogP contribution >= 0.6 is 0 Å². The number of likely N-dealkylation sites (tertiary alicyclic amines) is 1. The van der Waals surface area contributed by atoms with Gasteiger partial charge in [-0.25, -0.2) is 9.37 Å². The van der Waals surface area contributed by atoms with Gasteiger partial charge in [0.15, 0.2) is 5.82 Å². The smallest absolute Gasteiger partial charge is 0.223 e. The van der Waals surface area contributed by atoms with Crippen molar-refractivity contribution in [3.05, 3.63) is 41.7 Å². The number of benzene rings is 1. The number of aryl methyl sites for hydroxylation is 2. The van der Waals surface area contributed by atoms with E-state index in [0.717, 1.165) is 25.2 Å². The molecule has 1 amide bonds. The Morgan fingerprint density at radius 1 is 1.40 bits per heavy atom. The van der Waals surface area contributed by atoms with E-state index in [1.54, 1.807) is 12.1 Å². The van der Waals surface area contributed by atoms with Gasteiger partial charge in [-0.3, -0.25) is 9.89 Å². The Kier molecular flexibility index (Phi) is 5.63. The summed E-state index contributed by atoms with van der Waals surface area (Å²) in [7, 11) is 0. The lowest BCUT2D eigenvalue weighted by molar-refractivity contribution is -0.133. The first-order valence-corrected chi connectivity index (χ1v) is 8.64. The van der Waals surface area contributed by atoms with Crippen LogP contribution in [0.1, 0.15) is 30.9 Å². The number of hydrogen-bond donors (Lipinski definition) is 1. The fourth-order valence-electron chi connectivity index (χ4n) is 3.05. The zero-order valence-corrected chi connectivity index (χ0v) is 14.4. The Morgan fingerprint density at radius 3 is 2.92 bits per heavy atom. The molecule has 7 heteroatoms. The molecule has 1 fully saturated rings. The van der Waals surface area contributed by atoms with E-state index >= 15 is 0 Å². The van der Waals surface area contributed by atoms with Crippen molar-refractivity contribution in [2.75, 3.05) is 19.7 Å². The Hall–Kier alpha value is -2.44. The molecule has 0 bridgehead atoms. The fraction of sp³-hybridized carbons (Fsp3) is 0.500. The summed E-state index contributed by atoms with van der Waals surface area (Å²) in [6, 6.07) is 6.02. The molecule has 2 heterocycles. The lowest BCUT2D eigenvalue weighted by Gasteiger charge is -2.32. The summed E-state index contributed by atoms with van der Waals surface area (Å²) in [5.74, 6) is 2.26. The second-order valence-electron chi connectivity index (χ2n) is 6.45. The van der Waals surface area contributed by atoms with Gasteiger partial charge in [0.2, 0.25) is 5.91 Å². The molecule has 1 aliphatic rings. The number of H-pyrrole nitrogens is 1. The number of halogens is 1. The number of amides is 1. The van der Waals surface area contributed by atoms with Gasteiger partial charge in [0.05, 0.1) is 6.61 Å². The molecule has 1 saturated heterocycles. The minimum Gasteiger partial charge on any atom is -0.493 e. The van der Waals surface area contributed by atoms with Gasteiger partial charge in [-0.1, -0.05) is 0 Å². The molecule has 2 aromatic rings. The maximum absolute atomic E-state index is 12.9. The summed E-state index contributed by atoms with van der Waals surface area (Å²) in [6.45, 7) is 3.87. The van der Waals surface area contributed by atoms with E-state index in [1.165, 1.54) is 12.1 Å². The van der Waals surface area contributed by atoms with Crippen LogP contribution in [0.5, 0.6) is 5.75 Å². The summed E-state index contributed by atoms with van der Waals surface area (Å²) < 4.78 is 18.6. The van der Waals surface area contributed by atoms with Gasteiger partial charge in [0.25, 0.3) is 0 Å². The molecule has 134 valence electrons. The van der Waals surface area contributed by atoms with Crippen molar-refractivity contribution in [2.45, 2.75) is 32.6 Å². The number of piperidine rings is 1. The molecule has 0 radical (unpaired) electrons. The summed E-state index contributed by atoms with van der Waals surface area (Å²) in [5.41, 5.74) is 0. The van der Waals surface area contributed by atoms with Crippen LogP contribution in [0.4, 0.5) is 4.39 Å². The number of carbonyl (C=O) groups excluding carboxylic acids is 1. The third kappa shape index (κ3) is 5.01. The average molecular weight is 346 g/mol. The van der Waals surface area contributed by atoms with Crippen molar-refractivity contribution >= 4 is 5.91 Å². The number of rotatable bonds is 6. The molecule has 1 aliphatic heterocycles. The van der Waals surface area contributed by atoms with Crippen molar-refractivity contribution in [3.63, 3.8) is 0 Å². The van der Waals surface area contributed by atoms with Crippen molar-refractivity contribution in [1.82, 2.24) is 20.1 Å². The average Bonchev–Trinajstić information content (AvgIpc) is 3.05. The van der Waals surface area contributed by atoms with Crippen LogP contribution in [0.25, 0.3) is 0 Å². The molecule has 3 rings (SSSR count). The van der Waals surface area contributed by atoms with Crippen LogP contribution in [0, 0.1) is 18.7 Å². The minimum absolute atomic E-state index is 0.133. The number of hydrogen-bond acceptors (Lipinski definition) is 4. The maximum atomic E-state index is 12.9. The van der Waals surface area contributed by atoms with E-state index < -0.39 is 0 Å². The second kappa shape index (κ2) is 8.09. The molecule has 0 saturated carbocycles. The highest BCUT2D eigenvalue weighted by Crippen LogP contribution is 2.20. The van der Waals surface area contributed by atoms with Crippen molar-refractivity contribution in [2.24, 2.45) is 5.92 Å². The second-order valence-corrected chi connectivity index (χ2v) is 6.45. The highest BCUT2D eigenvalue weighted by atomic mass is 19.1. The molecule has 1 aromatic carbocycles. The van der Waals surface area contributed by atoms with Crippen molar-refractivity contribution in [3.8, 4) is 5.75 Å². The lowest BCUT2D eigenvalue weighted by atomic mass is 9.98. The maximum Gasteiger partial charge on any atom is 0.223 e. The lowest BCUT2D eigenvalue weighted by Crippen LogP contribution is -2.41. The van der Waals surface area contributed by atoms with Crippen LogP contribution < -0.4 is 4.74 Å². The largest absolute Gasteiger partial charge is 0.493 e. The summed E-state index contributed by atoms with van der Waals surface area (Å²) >= 11 is 0. The van der Waals surface area contributed by atoms with Gasteiger partial charge >= 0.3 is 0 Å². The molecule has 1 N–H and O–H groups in total. The normalized spacial score (nSPS) is 17.5. The van der Waals surface area contributed by atoms with Crippen LogP contribution in [0.2, 0.25) is 0 Å². The van der Waals surface area contributed by atoms with Crippen molar-refractivity contribution < 1.29 is 13.9 Å². The molecule has 1 atom stereocenters. The Balaban J connectivity index is 1.45. The van der Waals surface area contributed by atoms with Gasteiger partial charge in [0.1, 0.15) is 17.4 Å². The standard InChI is InChI=1S/C18H23FN4O2/c1-13-20-17(22-21-13)8-9-18(24)23-10-2-3-14(11-23)12-25-16-6-4-15(19)5-7-16/h4-7,14H,2-3,8-12H2,1H3,(H,20,21,22)/t14-/m1/s1. The number of aromatic nitrogens is 3. The van der Waals surface area contributed by atoms with E-state index in [2.05, 4.69) is 15.2 Å². The molecule has 6 nitrogen and oxygen atoms in total. The van der Waals surface area contributed by atoms with E-state index in [1.807, 2.05) is 11.8 Å². The van der Waals surface area contributed by atoms with Crippen LogP contribution in [0.15, 0.2) is 24.3 Å². The summed E-state index contributed by atoms with van der Waals surface area (Å²) in [5, 5.41) is 6.85. The Labute approximate surface area is 146 Å². The number of aromatic amines is 1. The predicted octanol–water partition coefficient (Wildman–Crippen LogP) is 2.50. The molecule has 0 spiro atoms. The van der Waals surface area contributed by atoms with E-state index in [9.17, 15) is 9.18 Å². The monoisotopic (exact) mass is 346 g/mol. The summed E-state index contributed by atoms with van der Waals surface area (Å²) in [4.78, 5) is 18.5. The zero-order chi connectivity index (χ0) is 17.6. The number of ether oxygens (including phenoxy) is 1. The molecule has 0 unspecified atom stereocenters. The SMILES string of the molecule is Cc1nc(CCC(=O)N2CCC[C@@H](COc3ccc(F)cc3)C2)n[nH]1. The molecule has 25 heavy (non-hydrogen) atoms. The topological polar surface area (TPSA) is 71.1 Å². The number of carbonyl (C=O) groups is 1.